The van der Waals surface area contributed by atoms with Gasteiger partial charge in [0.05, 0.1) is 7.11 Å². The number of halogens is 2. The molecule has 36 heavy (non-hydrogen) atoms. The molecule has 0 radical (unpaired) electrons. The van der Waals surface area contributed by atoms with Crippen LogP contribution in [0.2, 0.25) is 0 Å². The van der Waals surface area contributed by atoms with Gasteiger partial charge >= 0.3 is 6.09 Å². The van der Waals surface area contributed by atoms with E-state index in [-0.39, 0.29) is 0 Å². The lowest BCUT2D eigenvalue weighted by Gasteiger charge is -2.37. The highest BCUT2D eigenvalue weighted by Gasteiger charge is 2.69. The number of benzene rings is 4. The predicted molar refractivity (Wildman–Crippen MR) is 145 cm³/mol. The summed E-state index contributed by atoms with van der Waals surface area (Å²) >= 11 is 7.32. The van der Waals surface area contributed by atoms with Crippen LogP contribution in [0.25, 0.3) is 21.5 Å². The van der Waals surface area contributed by atoms with Crippen molar-refractivity contribution in [3.05, 3.63) is 80.2 Å². The molecule has 0 fully saturated rings. The first-order valence-electron chi connectivity index (χ1n) is 11.5. The topological polar surface area (TPSA) is 77.0 Å². The molecular weight excluding hydrogens is 590 g/mol. The van der Waals surface area contributed by atoms with Gasteiger partial charge in [-0.15, -0.1) is 0 Å². The molecule has 0 bridgehead atoms. The smallest absolute Gasteiger partial charge is 0.408 e. The minimum atomic E-state index is -1.97. The molecule has 6 nitrogen and oxygen atoms in total. The first-order chi connectivity index (χ1) is 17.0. The van der Waals surface area contributed by atoms with Gasteiger partial charge in [-0.1, -0.05) is 68.3 Å². The molecule has 0 aromatic heterocycles. The Hall–Kier alpha value is -2.81. The van der Waals surface area contributed by atoms with Gasteiger partial charge in [-0.05, 0) is 60.7 Å². The molecule has 4 aromatic carbocycles. The second-order valence-corrected chi connectivity index (χ2v) is 11.8. The summed E-state index contributed by atoms with van der Waals surface area (Å²) in [6.45, 7) is 5.39. The minimum absolute atomic E-state index is 0.374. The molecule has 4 aromatic rings. The second-order valence-electron chi connectivity index (χ2n) is 10.1. The zero-order valence-electron chi connectivity index (χ0n) is 20.0. The van der Waals surface area contributed by atoms with Crippen LogP contribution in [0.3, 0.4) is 0 Å². The van der Waals surface area contributed by atoms with Crippen molar-refractivity contribution in [2.24, 2.45) is 0 Å². The maximum absolute atomic E-state index is 13.4. The number of carbonyl (C=O) groups excluding carboxylic acids is 1. The Balaban J connectivity index is 1.77. The van der Waals surface area contributed by atoms with E-state index in [1.165, 1.54) is 0 Å². The fourth-order valence-electron chi connectivity index (χ4n) is 5.58. The van der Waals surface area contributed by atoms with E-state index in [4.69, 9.17) is 14.2 Å². The van der Waals surface area contributed by atoms with Crippen molar-refractivity contribution in [2.75, 3.05) is 7.11 Å². The number of methoxy groups -OCH3 is 1. The molecule has 184 valence electrons. The number of aliphatic hydroxyl groups is 1. The standard InChI is InChI=1S/C28H23Br2NO5/c1-26(2,3)36-25(32)31-27-16-9-11-18(29)22-19(30)12-10-17(21(16)22)28(27,33)35-24-20(34-4)13-14-7-5-6-8-15(14)23(24)27/h5-13,33H,1-4H3,(H,31,32)/t27-,28+/m1/s1. The summed E-state index contributed by atoms with van der Waals surface area (Å²) in [6.07, 6.45) is -0.674. The Morgan fingerprint density at radius 3 is 2.33 bits per heavy atom. The van der Waals surface area contributed by atoms with Crippen LogP contribution >= 0.6 is 31.9 Å². The van der Waals surface area contributed by atoms with E-state index < -0.39 is 23.0 Å². The first kappa shape index (κ1) is 23.6. The number of hydrogen-bond donors (Lipinski definition) is 2. The van der Waals surface area contributed by atoms with Crippen LogP contribution in [0.5, 0.6) is 11.5 Å². The number of carbonyl (C=O) groups is 1. The van der Waals surface area contributed by atoms with E-state index in [0.717, 1.165) is 30.5 Å². The third-order valence-corrected chi connectivity index (χ3v) is 8.16. The highest BCUT2D eigenvalue weighted by atomic mass is 79.9. The molecule has 2 aliphatic rings. The molecule has 1 aliphatic carbocycles. The summed E-state index contributed by atoms with van der Waals surface area (Å²) in [5, 5.41) is 19.0. The number of hydrogen-bond acceptors (Lipinski definition) is 5. The van der Waals surface area contributed by atoms with Crippen molar-refractivity contribution >= 4 is 59.5 Å². The largest absolute Gasteiger partial charge is 0.493 e. The van der Waals surface area contributed by atoms with E-state index in [2.05, 4.69) is 37.2 Å². The third-order valence-electron chi connectivity index (χ3n) is 6.84. The van der Waals surface area contributed by atoms with Crippen LogP contribution in [0.15, 0.2) is 63.5 Å². The Labute approximate surface area is 224 Å². The predicted octanol–water partition coefficient (Wildman–Crippen LogP) is 6.85. The first-order valence-corrected chi connectivity index (χ1v) is 13.0. The number of fused-ring (bicyclic) bond motifs is 7. The van der Waals surface area contributed by atoms with Gasteiger partial charge in [0.1, 0.15) is 5.60 Å². The number of ether oxygens (including phenoxy) is 3. The second kappa shape index (κ2) is 7.60. The number of rotatable bonds is 2. The average molecular weight is 613 g/mol. The van der Waals surface area contributed by atoms with Crippen LogP contribution in [0.1, 0.15) is 37.5 Å². The van der Waals surface area contributed by atoms with Crippen molar-refractivity contribution in [1.82, 2.24) is 5.32 Å². The molecule has 1 aliphatic heterocycles. The monoisotopic (exact) mass is 611 g/mol. The molecule has 8 heteroatoms. The van der Waals surface area contributed by atoms with Crippen molar-refractivity contribution < 1.29 is 24.1 Å². The fraction of sp³-hybridized carbons (Fsp3) is 0.250. The molecular formula is C28H23Br2NO5. The Morgan fingerprint density at radius 2 is 1.67 bits per heavy atom. The zero-order chi connectivity index (χ0) is 25.6. The Morgan fingerprint density at radius 1 is 1.00 bits per heavy atom. The van der Waals surface area contributed by atoms with Crippen molar-refractivity contribution in [1.29, 1.82) is 0 Å². The lowest BCUT2D eigenvalue weighted by Crippen LogP contribution is -2.58. The van der Waals surface area contributed by atoms with E-state index in [1.807, 2.05) is 54.6 Å². The maximum Gasteiger partial charge on any atom is 0.408 e. The van der Waals surface area contributed by atoms with Gasteiger partial charge in [0.15, 0.2) is 17.0 Å². The summed E-state index contributed by atoms with van der Waals surface area (Å²) in [4.78, 5) is 13.4. The average Bonchev–Trinajstić information content (AvgIpc) is 3.17. The molecule has 1 amide bonds. The van der Waals surface area contributed by atoms with Crippen LogP contribution in [0, 0.1) is 0 Å². The summed E-state index contributed by atoms with van der Waals surface area (Å²) in [5.41, 5.74) is -0.415. The highest BCUT2D eigenvalue weighted by molar-refractivity contribution is 9.11. The lowest BCUT2D eigenvalue weighted by atomic mass is 9.78. The quantitative estimate of drug-likeness (QED) is 0.259. The lowest BCUT2D eigenvalue weighted by molar-refractivity contribution is -0.173. The van der Waals surface area contributed by atoms with Crippen molar-refractivity contribution in [3.8, 4) is 11.5 Å². The van der Waals surface area contributed by atoms with E-state index in [0.29, 0.717) is 28.2 Å². The van der Waals surface area contributed by atoms with Crippen LogP contribution in [-0.2, 0) is 16.1 Å². The molecule has 1 heterocycles. The molecule has 0 saturated carbocycles. The molecule has 2 N–H and O–H groups in total. The highest BCUT2D eigenvalue weighted by Crippen LogP contribution is 2.65. The van der Waals surface area contributed by atoms with E-state index in [1.54, 1.807) is 27.9 Å². The third kappa shape index (κ3) is 2.95. The van der Waals surface area contributed by atoms with Gasteiger partial charge < -0.3 is 24.6 Å². The van der Waals surface area contributed by atoms with E-state index >= 15 is 0 Å². The summed E-state index contributed by atoms with van der Waals surface area (Å²) in [5.74, 6) is -1.13. The SMILES string of the molecule is COc1cc2ccccc2c2c1O[C@@]1(O)c3ccc(Br)c4c(Br)ccc(c34)[C@@]21NC(=O)OC(C)(C)C. The van der Waals surface area contributed by atoms with E-state index in [9.17, 15) is 9.90 Å². The maximum atomic E-state index is 13.4. The van der Waals surface area contributed by atoms with Gasteiger partial charge in [0, 0.05) is 25.5 Å². The number of alkyl carbamates (subject to hydrolysis) is 1. The number of nitrogens with one attached hydrogen (secondary N) is 1. The molecule has 0 spiro atoms. The van der Waals surface area contributed by atoms with Gasteiger partial charge in [-0.2, -0.15) is 0 Å². The van der Waals surface area contributed by atoms with Crippen molar-refractivity contribution in [3.63, 3.8) is 0 Å². The minimum Gasteiger partial charge on any atom is -0.493 e. The molecule has 0 unspecified atom stereocenters. The van der Waals surface area contributed by atoms with Crippen LogP contribution in [0.4, 0.5) is 4.79 Å². The van der Waals surface area contributed by atoms with Gasteiger partial charge in [-0.25, -0.2) is 4.79 Å². The van der Waals surface area contributed by atoms with Gasteiger partial charge in [0.2, 0.25) is 0 Å². The van der Waals surface area contributed by atoms with Gasteiger partial charge in [0.25, 0.3) is 5.79 Å². The summed E-state index contributed by atoms with van der Waals surface area (Å²) in [6, 6.07) is 17.2. The van der Waals surface area contributed by atoms with Gasteiger partial charge in [-0.3, -0.25) is 0 Å². The van der Waals surface area contributed by atoms with Crippen molar-refractivity contribution in [2.45, 2.75) is 37.7 Å². The number of amides is 1. The zero-order valence-corrected chi connectivity index (χ0v) is 23.2. The Bertz CT molecular complexity index is 1600. The molecule has 6 rings (SSSR count). The van der Waals surface area contributed by atoms with Crippen LogP contribution in [-0.4, -0.2) is 23.9 Å². The molecule has 0 saturated heterocycles. The summed E-state index contributed by atoms with van der Waals surface area (Å²) < 4.78 is 19.6. The van der Waals surface area contributed by atoms with Crippen LogP contribution < -0.4 is 14.8 Å². The summed E-state index contributed by atoms with van der Waals surface area (Å²) in [7, 11) is 1.56. The fourth-order valence-corrected chi connectivity index (χ4v) is 6.93. The normalized spacial score (nSPS) is 21.8. The molecule has 2 atom stereocenters. The Kier molecular flexibility index (Phi) is 4.98.